The average molecular weight is 461 g/mol. The lowest BCUT2D eigenvalue weighted by atomic mass is 10.1. The molecule has 0 unspecified atom stereocenters. The summed E-state index contributed by atoms with van der Waals surface area (Å²) in [6.07, 6.45) is 10.2. The van der Waals surface area contributed by atoms with Gasteiger partial charge in [-0.2, -0.15) is 5.10 Å². The fraction of sp³-hybridized carbons (Fsp3) is 0.391. The van der Waals surface area contributed by atoms with Gasteiger partial charge in [-0.1, -0.05) is 6.92 Å². The topological polar surface area (TPSA) is 112 Å². The molecule has 1 aromatic carbocycles. The Morgan fingerprint density at radius 2 is 1.82 bits per heavy atom. The first-order valence-corrected chi connectivity index (χ1v) is 11.5. The van der Waals surface area contributed by atoms with Gasteiger partial charge in [-0.15, -0.1) is 5.10 Å². The van der Waals surface area contributed by atoms with Crippen LogP contribution in [0.1, 0.15) is 36.9 Å². The lowest BCUT2D eigenvalue weighted by Crippen LogP contribution is -2.36. The summed E-state index contributed by atoms with van der Waals surface area (Å²) in [5.41, 5.74) is 3.05. The lowest BCUT2D eigenvalue weighted by molar-refractivity contribution is 0.306. The zero-order chi connectivity index (χ0) is 23.3. The van der Waals surface area contributed by atoms with Gasteiger partial charge in [0.05, 0.1) is 23.5 Å². The number of nitrogens with one attached hydrogen (secondary N) is 1. The van der Waals surface area contributed by atoms with E-state index in [1.165, 1.54) is 0 Å². The summed E-state index contributed by atoms with van der Waals surface area (Å²) in [6, 6.07) is 7.97. The van der Waals surface area contributed by atoms with Crippen LogP contribution in [0.15, 0.2) is 49.2 Å². The monoisotopic (exact) mass is 460 g/mol. The van der Waals surface area contributed by atoms with Crippen LogP contribution in [0.25, 0.3) is 5.69 Å². The SMILES string of the molecule is CCc1cnc(N2CCC(n3ncc(COc4ccc(-n5cnnn5)cc4)c3NC)CC2)nc1. The van der Waals surface area contributed by atoms with Crippen molar-refractivity contribution >= 4 is 11.8 Å². The highest BCUT2D eigenvalue weighted by Gasteiger charge is 2.25. The Morgan fingerprint density at radius 1 is 1.06 bits per heavy atom. The van der Waals surface area contributed by atoms with Crippen molar-refractivity contribution in [2.75, 3.05) is 30.4 Å². The molecule has 0 bridgehead atoms. The molecule has 1 N–H and O–H groups in total. The summed E-state index contributed by atoms with van der Waals surface area (Å²) >= 11 is 0. The number of tetrazole rings is 1. The van der Waals surface area contributed by atoms with Crippen LogP contribution >= 0.6 is 0 Å². The Morgan fingerprint density at radius 3 is 2.47 bits per heavy atom. The van der Waals surface area contributed by atoms with Gasteiger partial charge in [-0.25, -0.2) is 19.3 Å². The minimum atomic E-state index is 0.318. The molecule has 5 rings (SSSR count). The number of anilines is 2. The fourth-order valence-corrected chi connectivity index (χ4v) is 4.20. The maximum atomic E-state index is 6.02. The van der Waals surface area contributed by atoms with Crippen molar-refractivity contribution in [2.24, 2.45) is 0 Å². The van der Waals surface area contributed by atoms with E-state index in [2.05, 4.69) is 47.3 Å². The Bertz CT molecular complexity index is 1180. The van der Waals surface area contributed by atoms with Crippen molar-refractivity contribution in [1.82, 2.24) is 40.0 Å². The van der Waals surface area contributed by atoms with Crippen LogP contribution in [0.3, 0.4) is 0 Å². The molecule has 11 heteroatoms. The molecule has 1 aliphatic rings. The Labute approximate surface area is 197 Å². The van der Waals surface area contributed by atoms with Gasteiger partial charge >= 0.3 is 0 Å². The first kappa shape index (κ1) is 21.8. The minimum absolute atomic E-state index is 0.318. The molecule has 1 fully saturated rings. The van der Waals surface area contributed by atoms with E-state index >= 15 is 0 Å². The normalized spacial score (nSPS) is 14.4. The van der Waals surface area contributed by atoms with Crippen LogP contribution in [0.2, 0.25) is 0 Å². The van der Waals surface area contributed by atoms with E-state index in [9.17, 15) is 0 Å². The van der Waals surface area contributed by atoms with Crippen LogP contribution in [0.5, 0.6) is 5.75 Å². The van der Waals surface area contributed by atoms with E-state index < -0.39 is 0 Å². The molecule has 176 valence electrons. The minimum Gasteiger partial charge on any atom is -0.489 e. The second-order valence-electron chi connectivity index (χ2n) is 8.21. The van der Waals surface area contributed by atoms with Crippen molar-refractivity contribution in [3.05, 3.63) is 60.3 Å². The number of aryl methyl sites for hydroxylation is 1. The van der Waals surface area contributed by atoms with E-state index in [1.807, 2.05) is 49.9 Å². The summed E-state index contributed by atoms with van der Waals surface area (Å²) in [7, 11) is 1.93. The number of benzene rings is 1. The van der Waals surface area contributed by atoms with E-state index in [0.29, 0.717) is 12.6 Å². The van der Waals surface area contributed by atoms with Crippen molar-refractivity contribution in [1.29, 1.82) is 0 Å². The average Bonchev–Trinajstić information content (AvgIpc) is 3.58. The molecule has 0 spiro atoms. The van der Waals surface area contributed by atoms with Crippen molar-refractivity contribution in [3.63, 3.8) is 0 Å². The van der Waals surface area contributed by atoms with Crippen LogP contribution in [0, 0.1) is 0 Å². The third-order valence-corrected chi connectivity index (χ3v) is 6.15. The van der Waals surface area contributed by atoms with Gasteiger partial charge in [0.15, 0.2) is 0 Å². The number of hydrogen-bond acceptors (Lipinski definition) is 9. The summed E-state index contributed by atoms with van der Waals surface area (Å²) < 4.78 is 9.72. The lowest BCUT2D eigenvalue weighted by Gasteiger charge is -2.32. The van der Waals surface area contributed by atoms with Crippen molar-refractivity contribution in [3.8, 4) is 11.4 Å². The summed E-state index contributed by atoms with van der Waals surface area (Å²) in [5, 5.41) is 19.2. The second-order valence-corrected chi connectivity index (χ2v) is 8.21. The molecule has 0 amide bonds. The molecule has 4 aromatic rings. The van der Waals surface area contributed by atoms with E-state index in [4.69, 9.17) is 9.84 Å². The van der Waals surface area contributed by atoms with Gasteiger partial charge in [0.25, 0.3) is 0 Å². The molecule has 11 nitrogen and oxygen atoms in total. The molecule has 0 radical (unpaired) electrons. The molecule has 1 saturated heterocycles. The highest BCUT2D eigenvalue weighted by molar-refractivity contribution is 5.44. The van der Waals surface area contributed by atoms with Gasteiger partial charge in [0, 0.05) is 32.5 Å². The summed E-state index contributed by atoms with van der Waals surface area (Å²) in [6.45, 7) is 4.34. The van der Waals surface area contributed by atoms with Crippen molar-refractivity contribution < 1.29 is 4.74 Å². The molecule has 4 heterocycles. The smallest absolute Gasteiger partial charge is 0.225 e. The Hall–Kier alpha value is -4.02. The second kappa shape index (κ2) is 9.86. The predicted octanol–water partition coefficient (Wildman–Crippen LogP) is 2.67. The largest absolute Gasteiger partial charge is 0.489 e. The Kier molecular flexibility index (Phi) is 6.32. The molecular formula is C23H28N10O. The van der Waals surface area contributed by atoms with Crippen LogP contribution < -0.4 is 15.0 Å². The standard InChI is InChI=1S/C23H28N10O/c1-3-17-12-25-23(26-13-17)31-10-8-20(9-11-31)33-22(24-2)18(14-28-33)15-34-21-6-4-19(5-7-21)32-16-27-29-30-32/h4-7,12-14,16,20,24H,3,8-11,15H2,1-2H3. The number of rotatable bonds is 8. The zero-order valence-electron chi connectivity index (χ0n) is 19.4. The van der Waals surface area contributed by atoms with Crippen LogP contribution in [-0.2, 0) is 13.0 Å². The van der Waals surface area contributed by atoms with E-state index in [0.717, 1.165) is 66.7 Å². The molecule has 34 heavy (non-hydrogen) atoms. The summed E-state index contributed by atoms with van der Waals surface area (Å²) in [5.74, 6) is 2.58. The number of hydrogen-bond donors (Lipinski definition) is 1. The fourth-order valence-electron chi connectivity index (χ4n) is 4.20. The Balaban J connectivity index is 1.20. The first-order chi connectivity index (χ1) is 16.7. The van der Waals surface area contributed by atoms with Gasteiger partial charge < -0.3 is 15.0 Å². The van der Waals surface area contributed by atoms with Crippen LogP contribution in [0.4, 0.5) is 11.8 Å². The van der Waals surface area contributed by atoms with E-state index in [1.54, 1.807) is 11.0 Å². The summed E-state index contributed by atoms with van der Waals surface area (Å²) in [4.78, 5) is 11.3. The van der Waals surface area contributed by atoms with Crippen LogP contribution in [-0.4, -0.2) is 60.1 Å². The number of aromatic nitrogens is 8. The molecule has 0 atom stereocenters. The first-order valence-electron chi connectivity index (χ1n) is 11.5. The number of nitrogens with zero attached hydrogens (tertiary/aromatic N) is 9. The number of ether oxygens (including phenoxy) is 1. The van der Waals surface area contributed by atoms with Gasteiger partial charge in [-0.05, 0) is 59.5 Å². The highest BCUT2D eigenvalue weighted by atomic mass is 16.5. The van der Waals surface area contributed by atoms with Gasteiger partial charge in [0.1, 0.15) is 24.5 Å². The van der Waals surface area contributed by atoms with E-state index in [-0.39, 0.29) is 0 Å². The predicted molar refractivity (Wildman–Crippen MR) is 127 cm³/mol. The molecule has 0 saturated carbocycles. The van der Waals surface area contributed by atoms with Crippen molar-refractivity contribution in [2.45, 2.75) is 38.8 Å². The van der Waals surface area contributed by atoms with Gasteiger partial charge in [-0.3, -0.25) is 0 Å². The molecular weight excluding hydrogens is 432 g/mol. The van der Waals surface area contributed by atoms with Gasteiger partial charge in [0.2, 0.25) is 5.95 Å². The third kappa shape index (κ3) is 4.54. The molecule has 0 aliphatic carbocycles. The number of piperidine rings is 1. The highest BCUT2D eigenvalue weighted by Crippen LogP contribution is 2.29. The molecule has 3 aromatic heterocycles. The quantitative estimate of drug-likeness (QED) is 0.424. The maximum absolute atomic E-state index is 6.02. The maximum Gasteiger partial charge on any atom is 0.225 e. The molecule has 1 aliphatic heterocycles. The third-order valence-electron chi connectivity index (χ3n) is 6.15. The zero-order valence-corrected chi connectivity index (χ0v) is 19.4.